The molecule has 2 aromatic heterocycles. The molecule has 0 unspecified atom stereocenters. The van der Waals surface area contributed by atoms with E-state index in [1.165, 1.54) is 0 Å². The number of aromatic nitrogens is 2. The van der Waals surface area contributed by atoms with E-state index < -0.39 is 0 Å². The molecule has 0 saturated carbocycles. The van der Waals surface area contributed by atoms with E-state index in [1.807, 2.05) is 75.1 Å². The minimum atomic E-state index is -0.0567. The summed E-state index contributed by atoms with van der Waals surface area (Å²) >= 11 is 6.09. The summed E-state index contributed by atoms with van der Waals surface area (Å²) in [7, 11) is 1.59. The Morgan fingerprint density at radius 2 is 1.84 bits per heavy atom. The summed E-state index contributed by atoms with van der Waals surface area (Å²) in [4.78, 5) is 42.3. The van der Waals surface area contributed by atoms with Crippen LogP contribution in [0.4, 0.5) is 5.69 Å². The summed E-state index contributed by atoms with van der Waals surface area (Å²) in [5, 5.41) is 0.654. The number of hydrogen-bond donors (Lipinski definition) is 0. The maximum Gasteiger partial charge on any atom is 0.274 e. The first-order valence-electron chi connectivity index (χ1n) is 15.4. The average Bonchev–Trinajstić information content (AvgIpc) is 3.68. The number of ether oxygens (including phenoxy) is 2. The van der Waals surface area contributed by atoms with Gasteiger partial charge < -0.3 is 19.3 Å². The van der Waals surface area contributed by atoms with E-state index in [4.69, 9.17) is 26.1 Å². The monoisotopic (exact) mass is 626 g/mol. The molecule has 7 rings (SSSR count). The van der Waals surface area contributed by atoms with Gasteiger partial charge in [-0.1, -0.05) is 17.7 Å². The van der Waals surface area contributed by atoms with Crippen LogP contribution in [0.3, 0.4) is 0 Å². The number of piperazine rings is 1. The summed E-state index contributed by atoms with van der Waals surface area (Å²) in [6.45, 7) is 4.90. The molecule has 45 heavy (non-hydrogen) atoms. The summed E-state index contributed by atoms with van der Waals surface area (Å²) < 4.78 is 13.7. The molecule has 4 aromatic rings. The first-order valence-corrected chi connectivity index (χ1v) is 15.8. The summed E-state index contributed by atoms with van der Waals surface area (Å²) in [6, 6.07) is 16.9. The van der Waals surface area contributed by atoms with Crippen LogP contribution in [0.2, 0.25) is 5.02 Å². The van der Waals surface area contributed by atoms with Gasteiger partial charge in [0, 0.05) is 68.3 Å². The Bertz CT molecular complexity index is 1760. The molecule has 10 nitrogen and oxygen atoms in total. The molecule has 0 spiro atoms. The third-order valence-electron chi connectivity index (χ3n) is 8.85. The molecule has 2 amide bonds. The Kier molecular flexibility index (Phi) is 8.16. The van der Waals surface area contributed by atoms with Crippen LogP contribution in [0.1, 0.15) is 40.1 Å². The van der Waals surface area contributed by atoms with Gasteiger partial charge in [0.25, 0.3) is 11.8 Å². The van der Waals surface area contributed by atoms with Gasteiger partial charge in [-0.15, -0.1) is 0 Å². The fourth-order valence-corrected chi connectivity index (χ4v) is 6.54. The fraction of sp³-hybridized carbons (Fsp3) is 0.353. The molecule has 0 radical (unpaired) electrons. The second kappa shape index (κ2) is 12.5. The molecule has 232 valence electrons. The van der Waals surface area contributed by atoms with E-state index in [0.29, 0.717) is 59.0 Å². The van der Waals surface area contributed by atoms with Crippen LogP contribution in [0.5, 0.6) is 11.5 Å². The summed E-state index contributed by atoms with van der Waals surface area (Å²) in [6.07, 6.45) is 6.56. The number of benzene rings is 2. The predicted octanol–water partition coefficient (Wildman–Crippen LogP) is 5.21. The molecule has 2 saturated heterocycles. The lowest BCUT2D eigenvalue weighted by atomic mass is 10.1. The van der Waals surface area contributed by atoms with E-state index in [2.05, 4.69) is 9.89 Å². The second-order valence-corrected chi connectivity index (χ2v) is 12.0. The Balaban J connectivity index is 0.946. The zero-order chi connectivity index (χ0) is 30.9. The normalized spacial score (nSPS) is 18.2. The van der Waals surface area contributed by atoms with E-state index in [-0.39, 0.29) is 17.9 Å². The van der Waals surface area contributed by atoms with Gasteiger partial charge in [0.2, 0.25) is 0 Å². The van der Waals surface area contributed by atoms with Gasteiger partial charge in [-0.05, 0) is 61.7 Å². The smallest absolute Gasteiger partial charge is 0.274 e. The molecule has 0 aliphatic carbocycles. The number of hydrogen-bond acceptors (Lipinski definition) is 7. The van der Waals surface area contributed by atoms with Crippen molar-refractivity contribution in [2.24, 2.45) is 4.99 Å². The van der Waals surface area contributed by atoms with E-state index >= 15 is 0 Å². The Morgan fingerprint density at radius 1 is 1.02 bits per heavy atom. The minimum Gasteiger partial charge on any atom is -0.493 e. The average molecular weight is 627 g/mol. The van der Waals surface area contributed by atoms with Crippen molar-refractivity contribution in [1.29, 1.82) is 0 Å². The molecular weight excluding hydrogens is 592 g/mol. The van der Waals surface area contributed by atoms with Gasteiger partial charge >= 0.3 is 0 Å². The number of nitrogens with zero attached hydrogens (tertiary/aromatic N) is 6. The van der Waals surface area contributed by atoms with Crippen molar-refractivity contribution in [2.75, 3.05) is 53.0 Å². The van der Waals surface area contributed by atoms with Crippen LogP contribution >= 0.6 is 11.6 Å². The van der Waals surface area contributed by atoms with Gasteiger partial charge in [-0.2, -0.15) is 0 Å². The summed E-state index contributed by atoms with van der Waals surface area (Å²) in [5.41, 5.74) is 3.32. The number of rotatable bonds is 8. The molecule has 0 N–H and O–H groups in total. The third kappa shape index (κ3) is 5.76. The van der Waals surface area contributed by atoms with Gasteiger partial charge in [0.05, 0.1) is 36.5 Å². The second-order valence-electron chi connectivity index (χ2n) is 11.6. The van der Waals surface area contributed by atoms with Gasteiger partial charge in [-0.3, -0.25) is 23.9 Å². The van der Waals surface area contributed by atoms with Crippen molar-refractivity contribution >= 4 is 40.8 Å². The highest BCUT2D eigenvalue weighted by molar-refractivity contribution is 6.30. The summed E-state index contributed by atoms with van der Waals surface area (Å²) in [5.74, 6) is 1.78. The van der Waals surface area contributed by atoms with Crippen LogP contribution in [-0.4, -0.2) is 101 Å². The number of pyridine rings is 1. The zero-order valence-electron chi connectivity index (χ0n) is 25.2. The number of carbonyl (C=O) groups is 2. The third-order valence-corrected chi connectivity index (χ3v) is 9.10. The lowest BCUT2D eigenvalue weighted by molar-refractivity contribution is 0.0627. The lowest BCUT2D eigenvalue weighted by Gasteiger charge is -2.34. The zero-order valence-corrected chi connectivity index (χ0v) is 25.9. The number of imidazole rings is 1. The van der Waals surface area contributed by atoms with Crippen LogP contribution < -0.4 is 9.47 Å². The first-order chi connectivity index (χ1) is 22.0. The molecule has 1 atom stereocenters. The molecule has 2 aromatic carbocycles. The van der Waals surface area contributed by atoms with Crippen molar-refractivity contribution in [3.8, 4) is 22.9 Å². The molecule has 0 bridgehead atoms. The van der Waals surface area contributed by atoms with Crippen molar-refractivity contribution in [3.63, 3.8) is 0 Å². The van der Waals surface area contributed by atoms with Crippen LogP contribution in [0, 0.1) is 0 Å². The molecule has 3 aliphatic rings. The SMILES string of the molecule is COc1cc2c(cc1OCCCN1CCN(C(=O)c3nc(-c4ccc(Cl)cc4)n4ccccc34)CC1)N=C[C@@H]1CCCN1C2=O. The highest BCUT2D eigenvalue weighted by Gasteiger charge is 2.33. The minimum absolute atomic E-state index is 0.00410. The number of halogens is 1. The van der Waals surface area contributed by atoms with E-state index in [9.17, 15) is 9.59 Å². The maximum absolute atomic E-state index is 13.6. The standard InChI is InChI=1S/C34H35ClN6O4/c1-44-29-20-26-27(36-22-25-6-4-14-40(25)33(26)42)21-30(29)45-19-5-12-38-15-17-39(18-16-38)34(43)31-28-7-2-3-13-41(28)32(37-31)23-8-10-24(35)11-9-23/h2-3,7-11,13,20-22,25H,4-6,12,14-19H2,1H3/t25-/m0/s1. The number of methoxy groups -OCH3 is 1. The Hall–Kier alpha value is -4.41. The van der Waals surface area contributed by atoms with Crippen LogP contribution in [0.25, 0.3) is 16.9 Å². The topological polar surface area (TPSA) is 92.0 Å². The first kappa shape index (κ1) is 29.3. The number of aliphatic imine (C=N–C) groups is 1. The van der Waals surface area contributed by atoms with E-state index in [1.54, 1.807) is 13.2 Å². The number of carbonyl (C=O) groups excluding carboxylic acids is 2. The molecule has 3 aliphatic heterocycles. The maximum atomic E-state index is 13.6. The van der Waals surface area contributed by atoms with Crippen molar-refractivity contribution in [3.05, 3.63) is 77.1 Å². The van der Waals surface area contributed by atoms with Gasteiger partial charge in [0.1, 0.15) is 5.82 Å². The largest absolute Gasteiger partial charge is 0.493 e. The molecule has 2 fully saturated rings. The Morgan fingerprint density at radius 3 is 2.64 bits per heavy atom. The van der Waals surface area contributed by atoms with Gasteiger partial charge in [-0.25, -0.2) is 4.98 Å². The highest BCUT2D eigenvalue weighted by atomic mass is 35.5. The highest BCUT2D eigenvalue weighted by Crippen LogP contribution is 2.38. The predicted molar refractivity (Wildman–Crippen MR) is 173 cm³/mol. The van der Waals surface area contributed by atoms with Crippen molar-refractivity contribution < 1.29 is 19.1 Å². The number of fused-ring (bicyclic) bond motifs is 3. The molecular formula is C34H35ClN6O4. The molecule has 11 heteroatoms. The van der Waals surface area contributed by atoms with Crippen LogP contribution in [-0.2, 0) is 0 Å². The van der Waals surface area contributed by atoms with Crippen LogP contribution in [0.15, 0.2) is 65.8 Å². The lowest BCUT2D eigenvalue weighted by Crippen LogP contribution is -2.49. The quantitative estimate of drug-likeness (QED) is 0.249. The van der Waals surface area contributed by atoms with E-state index in [0.717, 1.165) is 56.5 Å². The fourth-order valence-electron chi connectivity index (χ4n) is 6.41. The van der Waals surface area contributed by atoms with Gasteiger partial charge in [0.15, 0.2) is 17.2 Å². The number of amides is 2. The van der Waals surface area contributed by atoms with Crippen molar-refractivity contribution in [1.82, 2.24) is 24.1 Å². The molecule has 5 heterocycles. The van der Waals surface area contributed by atoms with Crippen molar-refractivity contribution in [2.45, 2.75) is 25.3 Å². The Labute approximate surface area is 266 Å².